The molecule has 2 aromatic rings. The van der Waals surface area contributed by atoms with Gasteiger partial charge in [0.05, 0.1) is 0 Å². The van der Waals surface area contributed by atoms with Gasteiger partial charge < -0.3 is 5.32 Å². The first kappa shape index (κ1) is 16.2. The third kappa shape index (κ3) is 4.95. The molecule has 2 nitrogen and oxygen atoms in total. The molecule has 0 aliphatic heterocycles. The van der Waals surface area contributed by atoms with E-state index in [1.807, 2.05) is 0 Å². The van der Waals surface area contributed by atoms with Crippen LogP contribution in [0.5, 0.6) is 0 Å². The van der Waals surface area contributed by atoms with Crippen LogP contribution in [0.3, 0.4) is 0 Å². The van der Waals surface area contributed by atoms with Gasteiger partial charge in [-0.3, -0.25) is 4.90 Å². The molecule has 2 aromatic carbocycles. The quantitative estimate of drug-likeness (QED) is 0.808. The second-order valence-corrected chi connectivity index (χ2v) is 6.17. The van der Waals surface area contributed by atoms with Crippen LogP contribution in [0.25, 0.3) is 0 Å². The van der Waals surface area contributed by atoms with Gasteiger partial charge in [-0.2, -0.15) is 0 Å². The molecule has 2 rings (SSSR count). The normalized spacial score (nSPS) is 11.0. The van der Waals surface area contributed by atoms with Crippen molar-refractivity contribution in [1.29, 1.82) is 0 Å². The van der Waals surface area contributed by atoms with E-state index in [0.717, 1.165) is 26.2 Å². The molecule has 0 atom stereocenters. The van der Waals surface area contributed by atoms with Crippen molar-refractivity contribution in [3.63, 3.8) is 0 Å². The van der Waals surface area contributed by atoms with Crippen LogP contribution >= 0.6 is 15.9 Å². The fraction of sp³-hybridized carbons (Fsp3) is 0.333. The highest BCUT2D eigenvalue weighted by Gasteiger charge is 2.07. The predicted molar refractivity (Wildman–Crippen MR) is 93.1 cm³/mol. The highest BCUT2D eigenvalue weighted by molar-refractivity contribution is 9.10. The fourth-order valence-electron chi connectivity index (χ4n) is 2.41. The van der Waals surface area contributed by atoms with E-state index in [4.69, 9.17) is 0 Å². The monoisotopic (exact) mass is 346 g/mol. The van der Waals surface area contributed by atoms with Gasteiger partial charge in [0.2, 0.25) is 0 Å². The van der Waals surface area contributed by atoms with Crippen LogP contribution in [-0.4, -0.2) is 18.5 Å². The summed E-state index contributed by atoms with van der Waals surface area (Å²) in [4.78, 5) is 2.35. The third-order valence-electron chi connectivity index (χ3n) is 3.52. The molecule has 0 aliphatic rings. The molecule has 21 heavy (non-hydrogen) atoms. The molecule has 3 heteroatoms. The first-order chi connectivity index (χ1) is 10.2. The van der Waals surface area contributed by atoms with Gasteiger partial charge in [0.25, 0.3) is 0 Å². The van der Waals surface area contributed by atoms with Crippen LogP contribution in [0.1, 0.15) is 23.6 Å². The maximum Gasteiger partial charge on any atom is 0.0245 e. The van der Waals surface area contributed by atoms with E-state index in [1.165, 1.54) is 21.2 Å². The molecule has 0 fully saturated rings. The van der Waals surface area contributed by atoms with E-state index in [-0.39, 0.29) is 0 Å². The SMILES string of the molecule is CCNCc1ccccc1CN(C)Cc1ccccc1Br. The summed E-state index contributed by atoms with van der Waals surface area (Å²) in [5.41, 5.74) is 4.11. The molecular formula is C18H23BrN2. The van der Waals surface area contributed by atoms with Crippen molar-refractivity contribution < 1.29 is 0 Å². The lowest BCUT2D eigenvalue weighted by atomic mass is 10.1. The Balaban J connectivity index is 2.02. The van der Waals surface area contributed by atoms with E-state index in [0.29, 0.717) is 0 Å². The van der Waals surface area contributed by atoms with Crippen molar-refractivity contribution in [3.05, 3.63) is 69.7 Å². The Kier molecular flexibility index (Phi) is 6.43. The van der Waals surface area contributed by atoms with Crippen molar-refractivity contribution in [2.24, 2.45) is 0 Å². The van der Waals surface area contributed by atoms with E-state index in [9.17, 15) is 0 Å². The van der Waals surface area contributed by atoms with Gasteiger partial charge in [-0.25, -0.2) is 0 Å². The molecule has 0 heterocycles. The molecule has 0 saturated heterocycles. The second kappa shape index (κ2) is 8.32. The van der Waals surface area contributed by atoms with Gasteiger partial charge in [0.15, 0.2) is 0 Å². The number of hydrogen-bond donors (Lipinski definition) is 1. The van der Waals surface area contributed by atoms with Gasteiger partial charge in [-0.15, -0.1) is 0 Å². The summed E-state index contributed by atoms with van der Waals surface area (Å²) in [7, 11) is 2.17. The molecule has 0 aromatic heterocycles. The zero-order chi connectivity index (χ0) is 15.1. The van der Waals surface area contributed by atoms with Gasteiger partial charge >= 0.3 is 0 Å². The van der Waals surface area contributed by atoms with Gasteiger partial charge in [-0.1, -0.05) is 65.3 Å². The average molecular weight is 347 g/mol. The minimum Gasteiger partial charge on any atom is -0.313 e. The number of halogens is 1. The topological polar surface area (TPSA) is 15.3 Å². The molecule has 0 unspecified atom stereocenters. The van der Waals surface area contributed by atoms with Crippen molar-refractivity contribution in [1.82, 2.24) is 10.2 Å². The van der Waals surface area contributed by atoms with Crippen LogP contribution in [0.4, 0.5) is 0 Å². The van der Waals surface area contributed by atoms with Crippen molar-refractivity contribution >= 4 is 15.9 Å². The number of nitrogens with one attached hydrogen (secondary N) is 1. The molecule has 0 radical (unpaired) electrons. The Hall–Kier alpha value is -1.16. The maximum atomic E-state index is 3.62. The zero-order valence-corrected chi connectivity index (χ0v) is 14.4. The lowest BCUT2D eigenvalue weighted by Crippen LogP contribution is -2.20. The molecule has 112 valence electrons. The molecule has 0 aliphatic carbocycles. The van der Waals surface area contributed by atoms with E-state index in [2.05, 4.69) is 88.6 Å². The molecule has 0 spiro atoms. The Bertz CT molecular complexity index is 569. The summed E-state index contributed by atoms with van der Waals surface area (Å²) in [6.45, 7) is 5.98. The van der Waals surface area contributed by atoms with Gasteiger partial charge in [0.1, 0.15) is 0 Å². The standard InChI is InChI=1S/C18H23BrN2/c1-3-20-12-15-8-4-5-9-16(15)13-21(2)14-17-10-6-7-11-18(17)19/h4-11,20H,3,12-14H2,1-2H3. The Morgan fingerprint density at radius 2 is 1.48 bits per heavy atom. The summed E-state index contributed by atoms with van der Waals surface area (Å²) < 4.78 is 1.18. The molecule has 0 amide bonds. The summed E-state index contributed by atoms with van der Waals surface area (Å²) in [6, 6.07) is 17.1. The number of nitrogens with zero attached hydrogens (tertiary/aromatic N) is 1. The first-order valence-corrected chi connectivity index (χ1v) is 8.19. The van der Waals surface area contributed by atoms with Crippen LogP contribution in [0, 0.1) is 0 Å². The summed E-state index contributed by atoms with van der Waals surface area (Å²) in [5, 5.41) is 3.41. The largest absolute Gasteiger partial charge is 0.313 e. The summed E-state index contributed by atoms with van der Waals surface area (Å²) in [5.74, 6) is 0. The van der Waals surface area contributed by atoms with Crippen molar-refractivity contribution in [2.75, 3.05) is 13.6 Å². The Morgan fingerprint density at radius 3 is 2.14 bits per heavy atom. The smallest absolute Gasteiger partial charge is 0.0245 e. The lowest BCUT2D eigenvalue weighted by molar-refractivity contribution is 0.317. The lowest BCUT2D eigenvalue weighted by Gasteiger charge is -2.20. The van der Waals surface area contributed by atoms with Crippen LogP contribution in [0.2, 0.25) is 0 Å². The molecule has 0 saturated carbocycles. The van der Waals surface area contributed by atoms with Crippen LogP contribution in [-0.2, 0) is 19.6 Å². The average Bonchev–Trinajstić information content (AvgIpc) is 2.49. The fourth-order valence-corrected chi connectivity index (χ4v) is 2.82. The number of benzene rings is 2. The van der Waals surface area contributed by atoms with Crippen LogP contribution < -0.4 is 5.32 Å². The van der Waals surface area contributed by atoms with Gasteiger partial charge in [-0.05, 0) is 36.3 Å². The molecule has 0 bridgehead atoms. The van der Waals surface area contributed by atoms with Crippen LogP contribution in [0.15, 0.2) is 53.0 Å². The molecule has 1 N–H and O–H groups in total. The Labute approximate surface area is 136 Å². The van der Waals surface area contributed by atoms with Crippen molar-refractivity contribution in [3.8, 4) is 0 Å². The Morgan fingerprint density at radius 1 is 0.905 bits per heavy atom. The zero-order valence-electron chi connectivity index (χ0n) is 12.8. The highest BCUT2D eigenvalue weighted by Crippen LogP contribution is 2.19. The number of hydrogen-bond acceptors (Lipinski definition) is 2. The maximum absolute atomic E-state index is 3.62. The van der Waals surface area contributed by atoms with Gasteiger partial charge in [0, 0.05) is 24.1 Å². The highest BCUT2D eigenvalue weighted by atomic mass is 79.9. The number of rotatable bonds is 7. The minimum absolute atomic E-state index is 0.940. The molecular weight excluding hydrogens is 324 g/mol. The van der Waals surface area contributed by atoms with E-state index < -0.39 is 0 Å². The van der Waals surface area contributed by atoms with E-state index >= 15 is 0 Å². The minimum atomic E-state index is 0.940. The van der Waals surface area contributed by atoms with Crippen molar-refractivity contribution in [2.45, 2.75) is 26.6 Å². The predicted octanol–water partition coefficient (Wildman–Crippen LogP) is 4.19. The second-order valence-electron chi connectivity index (χ2n) is 5.31. The third-order valence-corrected chi connectivity index (χ3v) is 4.30. The summed E-state index contributed by atoms with van der Waals surface area (Å²) in [6.07, 6.45) is 0. The summed E-state index contributed by atoms with van der Waals surface area (Å²) >= 11 is 3.62. The van der Waals surface area contributed by atoms with E-state index in [1.54, 1.807) is 0 Å². The first-order valence-electron chi connectivity index (χ1n) is 7.40.